The topological polar surface area (TPSA) is 58.2 Å². The number of halogens is 2. The van der Waals surface area contributed by atoms with Crippen LogP contribution in [0.25, 0.3) is 0 Å². The van der Waals surface area contributed by atoms with E-state index in [1.807, 2.05) is 56.3 Å². The van der Waals surface area contributed by atoms with Gasteiger partial charge in [0.2, 0.25) is 11.8 Å². The van der Waals surface area contributed by atoms with Crippen LogP contribution in [0.15, 0.2) is 60.7 Å². The Hall–Kier alpha value is -2.82. The first-order valence-corrected chi connectivity index (χ1v) is 11.3. The SMILES string of the molecule is Cc1cccc([C@H]2NC(=O)C[C@@H](c3cccc(Cl)c3)[C@]23C(=O)Nc2cc(Cl)ccc23)c1C. The predicted octanol–water partition coefficient (Wildman–Crippen LogP) is 5.85. The number of piperidine rings is 1. The fourth-order valence-electron chi connectivity index (χ4n) is 5.36. The van der Waals surface area contributed by atoms with Crippen molar-refractivity contribution in [2.45, 2.75) is 37.6 Å². The Morgan fingerprint density at radius 1 is 0.938 bits per heavy atom. The molecule has 0 aliphatic carbocycles. The Labute approximate surface area is 196 Å². The Morgan fingerprint density at radius 2 is 1.69 bits per heavy atom. The van der Waals surface area contributed by atoms with Crippen molar-refractivity contribution >= 4 is 40.7 Å². The number of hydrogen-bond acceptors (Lipinski definition) is 2. The first-order valence-electron chi connectivity index (χ1n) is 10.5. The number of benzene rings is 3. The van der Waals surface area contributed by atoms with E-state index in [2.05, 4.69) is 10.6 Å². The average Bonchev–Trinajstić information content (AvgIpc) is 3.03. The zero-order valence-electron chi connectivity index (χ0n) is 17.7. The quantitative estimate of drug-likeness (QED) is 0.499. The number of anilines is 1. The number of carbonyl (C=O) groups is 2. The van der Waals surface area contributed by atoms with Crippen LogP contribution in [0, 0.1) is 13.8 Å². The smallest absolute Gasteiger partial charge is 0.238 e. The van der Waals surface area contributed by atoms with E-state index in [1.54, 1.807) is 18.2 Å². The summed E-state index contributed by atoms with van der Waals surface area (Å²) in [5.74, 6) is -0.644. The highest BCUT2D eigenvalue weighted by atomic mass is 35.5. The summed E-state index contributed by atoms with van der Waals surface area (Å²) >= 11 is 12.6. The van der Waals surface area contributed by atoms with Crippen LogP contribution in [0.1, 0.15) is 46.2 Å². The molecule has 2 heterocycles. The number of aryl methyl sites for hydroxylation is 1. The van der Waals surface area contributed by atoms with E-state index in [4.69, 9.17) is 23.2 Å². The van der Waals surface area contributed by atoms with E-state index in [0.29, 0.717) is 15.7 Å². The summed E-state index contributed by atoms with van der Waals surface area (Å²) in [5.41, 5.74) is 4.43. The van der Waals surface area contributed by atoms with Gasteiger partial charge in [-0.05, 0) is 65.9 Å². The van der Waals surface area contributed by atoms with Gasteiger partial charge in [-0.25, -0.2) is 0 Å². The normalized spacial score (nSPS) is 24.2. The van der Waals surface area contributed by atoms with Gasteiger partial charge in [-0.2, -0.15) is 0 Å². The maximum atomic E-state index is 13.9. The van der Waals surface area contributed by atoms with Crippen molar-refractivity contribution in [3.8, 4) is 0 Å². The monoisotopic (exact) mass is 464 g/mol. The summed E-state index contributed by atoms with van der Waals surface area (Å²) in [5, 5.41) is 7.34. The van der Waals surface area contributed by atoms with E-state index in [9.17, 15) is 9.59 Å². The third-order valence-electron chi connectivity index (χ3n) is 6.96. The minimum atomic E-state index is -1.04. The lowest BCUT2D eigenvalue weighted by molar-refractivity contribution is -0.131. The summed E-state index contributed by atoms with van der Waals surface area (Å²) in [6, 6.07) is 18.4. The van der Waals surface area contributed by atoms with Crippen molar-refractivity contribution in [2.24, 2.45) is 0 Å². The molecule has 2 N–H and O–H groups in total. The first-order chi connectivity index (χ1) is 15.3. The zero-order chi connectivity index (χ0) is 22.6. The Morgan fingerprint density at radius 3 is 2.47 bits per heavy atom. The number of rotatable bonds is 2. The highest BCUT2D eigenvalue weighted by Crippen LogP contribution is 2.58. The minimum absolute atomic E-state index is 0.0956. The molecule has 6 heteroatoms. The van der Waals surface area contributed by atoms with Gasteiger partial charge in [0.05, 0.1) is 6.04 Å². The molecule has 0 unspecified atom stereocenters. The number of hydrogen-bond donors (Lipinski definition) is 2. The number of nitrogens with one attached hydrogen (secondary N) is 2. The van der Waals surface area contributed by atoms with Gasteiger partial charge in [-0.3, -0.25) is 9.59 Å². The maximum absolute atomic E-state index is 13.9. The molecule has 162 valence electrons. The van der Waals surface area contributed by atoms with Gasteiger partial charge >= 0.3 is 0 Å². The molecule has 2 aliphatic heterocycles. The Kier molecular flexibility index (Phi) is 5.03. The average molecular weight is 465 g/mol. The highest BCUT2D eigenvalue weighted by Gasteiger charge is 2.61. The molecule has 0 saturated carbocycles. The summed E-state index contributed by atoms with van der Waals surface area (Å²) in [6.07, 6.45) is 0.178. The number of carbonyl (C=O) groups excluding carboxylic acids is 2. The van der Waals surface area contributed by atoms with E-state index >= 15 is 0 Å². The summed E-state index contributed by atoms with van der Waals surface area (Å²) in [4.78, 5) is 27.0. The third kappa shape index (κ3) is 3.05. The van der Waals surface area contributed by atoms with Gasteiger partial charge in [-0.15, -0.1) is 0 Å². The van der Waals surface area contributed by atoms with Gasteiger partial charge in [0.25, 0.3) is 0 Å². The van der Waals surface area contributed by atoms with Crippen molar-refractivity contribution < 1.29 is 9.59 Å². The fraction of sp³-hybridized carbons (Fsp3) is 0.231. The van der Waals surface area contributed by atoms with Crippen LogP contribution >= 0.6 is 23.2 Å². The van der Waals surface area contributed by atoms with Gasteiger partial charge in [0.1, 0.15) is 5.41 Å². The van der Waals surface area contributed by atoms with Crippen LogP contribution in [0.4, 0.5) is 5.69 Å². The van der Waals surface area contributed by atoms with E-state index in [0.717, 1.165) is 27.8 Å². The lowest BCUT2D eigenvalue weighted by atomic mass is 9.59. The van der Waals surface area contributed by atoms with Crippen LogP contribution in [0.2, 0.25) is 10.0 Å². The summed E-state index contributed by atoms with van der Waals surface area (Å²) in [7, 11) is 0. The van der Waals surface area contributed by atoms with Crippen LogP contribution in [-0.4, -0.2) is 11.8 Å². The van der Waals surface area contributed by atoms with Crippen LogP contribution in [-0.2, 0) is 15.0 Å². The Bertz CT molecular complexity index is 1270. The van der Waals surface area contributed by atoms with Gasteiger partial charge in [0, 0.05) is 28.1 Å². The summed E-state index contributed by atoms with van der Waals surface area (Å²) in [6.45, 7) is 4.07. The van der Waals surface area contributed by atoms with E-state index in [1.165, 1.54) is 0 Å². The standard InChI is InChI=1S/C26H22Cl2N2O2/c1-14-5-3-8-19(15(14)2)24-26(20-10-9-18(28)12-22(20)29-25(26)32)21(13-23(31)30-24)16-6-4-7-17(27)11-16/h3-12,21,24H,13H2,1-2H3,(H,29,32)(H,30,31)/t21-,24+,26-/m0/s1. The number of amides is 2. The maximum Gasteiger partial charge on any atom is 0.238 e. The van der Waals surface area contributed by atoms with Crippen molar-refractivity contribution in [3.05, 3.63) is 98.5 Å². The highest BCUT2D eigenvalue weighted by molar-refractivity contribution is 6.31. The minimum Gasteiger partial charge on any atom is -0.348 e. The van der Waals surface area contributed by atoms with Crippen molar-refractivity contribution in [1.29, 1.82) is 0 Å². The third-order valence-corrected chi connectivity index (χ3v) is 7.43. The molecule has 2 aliphatic rings. The molecule has 1 saturated heterocycles. The van der Waals surface area contributed by atoms with Crippen LogP contribution in [0.3, 0.4) is 0 Å². The Balaban J connectivity index is 1.83. The molecule has 5 rings (SSSR count). The molecular formula is C26H22Cl2N2O2. The van der Waals surface area contributed by atoms with Crippen molar-refractivity contribution in [3.63, 3.8) is 0 Å². The molecule has 3 aromatic rings. The van der Waals surface area contributed by atoms with Gasteiger partial charge in [0.15, 0.2) is 0 Å². The zero-order valence-corrected chi connectivity index (χ0v) is 19.2. The summed E-state index contributed by atoms with van der Waals surface area (Å²) < 4.78 is 0. The molecule has 32 heavy (non-hydrogen) atoms. The molecule has 0 bridgehead atoms. The fourth-order valence-corrected chi connectivity index (χ4v) is 5.73. The van der Waals surface area contributed by atoms with E-state index in [-0.39, 0.29) is 18.2 Å². The van der Waals surface area contributed by atoms with E-state index < -0.39 is 17.4 Å². The first kappa shape index (κ1) is 21.0. The largest absolute Gasteiger partial charge is 0.348 e. The second-order valence-corrected chi connectivity index (χ2v) is 9.49. The lowest BCUT2D eigenvalue weighted by Gasteiger charge is -2.47. The van der Waals surface area contributed by atoms with Crippen molar-refractivity contribution in [1.82, 2.24) is 5.32 Å². The van der Waals surface area contributed by atoms with Gasteiger partial charge < -0.3 is 10.6 Å². The van der Waals surface area contributed by atoms with Gasteiger partial charge in [-0.1, -0.05) is 59.6 Å². The molecule has 4 nitrogen and oxygen atoms in total. The van der Waals surface area contributed by atoms with Crippen LogP contribution < -0.4 is 10.6 Å². The lowest BCUT2D eigenvalue weighted by Crippen LogP contribution is -2.57. The van der Waals surface area contributed by atoms with Crippen LogP contribution in [0.5, 0.6) is 0 Å². The van der Waals surface area contributed by atoms with Crippen molar-refractivity contribution in [2.75, 3.05) is 5.32 Å². The molecule has 2 amide bonds. The second-order valence-electron chi connectivity index (χ2n) is 8.61. The molecule has 1 spiro atoms. The molecule has 0 aromatic heterocycles. The molecular weight excluding hydrogens is 443 g/mol. The molecule has 3 aromatic carbocycles. The predicted molar refractivity (Wildman–Crippen MR) is 127 cm³/mol. The number of fused-ring (bicyclic) bond motifs is 2. The molecule has 0 radical (unpaired) electrons. The molecule has 3 atom stereocenters. The molecule has 1 fully saturated rings. The second kappa shape index (κ2) is 7.65.